The number of rotatable bonds is 5. The summed E-state index contributed by atoms with van der Waals surface area (Å²) in [5, 5.41) is 2.94. The summed E-state index contributed by atoms with van der Waals surface area (Å²) < 4.78 is 8.38. The fourth-order valence-electron chi connectivity index (χ4n) is 4.88. The number of carbonyl (C=O) groups excluding carboxylic acids is 2. The van der Waals surface area contributed by atoms with Crippen molar-refractivity contribution in [2.24, 2.45) is 0 Å². The molecule has 1 aromatic heterocycles. The van der Waals surface area contributed by atoms with Crippen molar-refractivity contribution in [3.8, 4) is 22.7 Å². The number of amides is 3. The average Bonchev–Trinajstić information content (AvgIpc) is 3.30. The molecule has 39 heavy (non-hydrogen) atoms. The van der Waals surface area contributed by atoms with E-state index in [1.807, 2.05) is 66.4 Å². The highest BCUT2D eigenvalue weighted by Gasteiger charge is 2.28. The second kappa shape index (κ2) is 11.4. The Morgan fingerprint density at radius 3 is 2.15 bits per heavy atom. The summed E-state index contributed by atoms with van der Waals surface area (Å²) in [7, 11) is 1.65. The van der Waals surface area contributed by atoms with Gasteiger partial charge in [0.25, 0.3) is 5.91 Å². The van der Waals surface area contributed by atoms with Gasteiger partial charge in [-0.3, -0.25) is 4.79 Å². The number of piperazine rings is 1. The van der Waals surface area contributed by atoms with Gasteiger partial charge in [-0.1, -0.05) is 39.7 Å². The summed E-state index contributed by atoms with van der Waals surface area (Å²) in [6, 6.07) is 25.5. The Balaban J connectivity index is 1.37. The number of methoxy groups -OCH3 is 1. The molecule has 3 amide bonds. The molecule has 0 bridgehead atoms. The zero-order valence-corrected chi connectivity index (χ0v) is 23.9. The van der Waals surface area contributed by atoms with Crippen LogP contribution in [0.15, 0.2) is 83.3 Å². The lowest BCUT2D eigenvalue weighted by molar-refractivity contribution is 0.0671. The van der Waals surface area contributed by atoms with Crippen molar-refractivity contribution in [3.05, 3.63) is 100 Å². The molecule has 8 heteroatoms. The van der Waals surface area contributed by atoms with Crippen LogP contribution in [0.3, 0.4) is 0 Å². The number of benzene rings is 3. The fourth-order valence-corrected chi connectivity index (χ4v) is 5.28. The standard InChI is InChI=1S/C31H31BrN4O3/c1-21-7-11-26(12-8-21)36-22(2)28(20-29(36)23-9-13-27(39-3)14-10-23)30(37)34-15-17-35(18-16-34)31(38)33-25-6-4-5-24(32)19-25/h4-14,19-20H,15-18H2,1-3H3,(H,33,38). The van der Waals surface area contributed by atoms with E-state index in [1.165, 1.54) is 5.56 Å². The van der Waals surface area contributed by atoms with Crippen molar-refractivity contribution >= 4 is 33.6 Å². The van der Waals surface area contributed by atoms with Crippen LogP contribution < -0.4 is 10.1 Å². The Morgan fingerprint density at radius 2 is 1.51 bits per heavy atom. The van der Waals surface area contributed by atoms with Gasteiger partial charge in [0.15, 0.2) is 0 Å². The molecule has 5 rings (SSSR count). The molecule has 1 fully saturated rings. The molecular weight excluding hydrogens is 556 g/mol. The maximum Gasteiger partial charge on any atom is 0.321 e. The molecule has 7 nitrogen and oxygen atoms in total. The Labute approximate surface area is 237 Å². The van der Waals surface area contributed by atoms with Crippen LogP contribution in [0.1, 0.15) is 21.6 Å². The molecule has 1 aliphatic heterocycles. The molecule has 1 N–H and O–H groups in total. The molecule has 0 unspecified atom stereocenters. The van der Waals surface area contributed by atoms with Crippen LogP contribution in [0, 0.1) is 13.8 Å². The predicted molar refractivity (Wildman–Crippen MR) is 158 cm³/mol. The van der Waals surface area contributed by atoms with E-state index >= 15 is 0 Å². The molecule has 0 aliphatic carbocycles. The SMILES string of the molecule is COc1ccc(-c2cc(C(=O)N3CCN(C(=O)Nc4cccc(Br)c4)CC3)c(C)n2-c2ccc(C)cc2)cc1. The number of halogens is 1. The van der Waals surface area contributed by atoms with E-state index in [0.29, 0.717) is 31.7 Å². The predicted octanol–water partition coefficient (Wildman–Crippen LogP) is 6.52. The van der Waals surface area contributed by atoms with Crippen LogP contribution in [0.2, 0.25) is 0 Å². The van der Waals surface area contributed by atoms with Crippen molar-refractivity contribution < 1.29 is 14.3 Å². The van der Waals surface area contributed by atoms with E-state index in [0.717, 1.165) is 38.5 Å². The number of aryl methyl sites for hydroxylation is 1. The third-order valence-corrected chi connectivity index (χ3v) is 7.58. The van der Waals surface area contributed by atoms with Gasteiger partial charge in [0, 0.05) is 47.7 Å². The van der Waals surface area contributed by atoms with Gasteiger partial charge < -0.3 is 24.4 Å². The van der Waals surface area contributed by atoms with Gasteiger partial charge >= 0.3 is 6.03 Å². The number of aromatic nitrogens is 1. The number of ether oxygens (including phenoxy) is 1. The second-order valence-electron chi connectivity index (χ2n) is 9.65. The molecule has 2 heterocycles. The lowest BCUT2D eigenvalue weighted by Gasteiger charge is -2.34. The number of hydrogen-bond donors (Lipinski definition) is 1. The molecular formula is C31H31BrN4O3. The van der Waals surface area contributed by atoms with Crippen LogP contribution in [-0.2, 0) is 0 Å². The van der Waals surface area contributed by atoms with Crippen LogP contribution in [0.25, 0.3) is 16.9 Å². The normalized spacial score (nSPS) is 13.3. The molecule has 200 valence electrons. The zero-order valence-electron chi connectivity index (χ0n) is 22.3. The van der Waals surface area contributed by atoms with Crippen LogP contribution >= 0.6 is 15.9 Å². The number of nitrogens with zero attached hydrogens (tertiary/aromatic N) is 3. The Morgan fingerprint density at radius 1 is 0.846 bits per heavy atom. The smallest absolute Gasteiger partial charge is 0.321 e. The summed E-state index contributed by atoms with van der Waals surface area (Å²) in [4.78, 5) is 30.2. The highest BCUT2D eigenvalue weighted by atomic mass is 79.9. The van der Waals surface area contributed by atoms with Crippen molar-refractivity contribution in [1.29, 1.82) is 0 Å². The third-order valence-electron chi connectivity index (χ3n) is 7.09. The number of urea groups is 1. The molecule has 0 saturated carbocycles. The number of hydrogen-bond acceptors (Lipinski definition) is 3. The lowest BCUT2D eigenvalue weighted by atomic mass is 10.1. The first-order valence-corrected chi connectivity index (χ1v) is 13.7. The van der Waals surface area contributed by atoms with E-state index in [1.54, 1.807) is 12.0 Å². The summed E-state index contributed by atoms with van der Waals surface area (Å²) in [6.45, 7) is 5.92. The lowest BCUT2D eigenvalue weighted by Crippen LogP contribution is -2.51. The van der Waals surface area contributed by atoms with Gasteiger partial charge in [0.1, 0.15) is 5.75 Å². The molecule has 4 aromatic rings. The second-order valence-corrected chi connectivity index (χ2v) is 10.6. The van der Waals surface area contributed by atoms with E-state index in [-0.39, 0.29) is 11.9 Å². The van der Waals surface area contributed by atoms with Crippen molar-refractivity contribution in [2.45, 2.75) is 13.8 Å². The Hall–Kier alpha value is -4.04. The minimum Gasteiger partial charge on any atom is -0.497 e. The molecule has 0 atom stereocenters. The summed E-state index contributed by atoms with van der Waals surface area (Å²) in [5.74, 6) is 0.752. The minimum atomic E-state index is -0.163. The largest absolute Gasteiger partial charge is 0.497 e. The first-order valence-electron chi connectivity index (χ1n) is 12.9. The topological polar surface area (TPSA) is 66.8 Å². The first kappa shape index (κ1) is 26.6. The van der Waals surface area contributed by atoms with Gasteiger partial charge in [0.05, 0.1) is 18.4 Å². The number of nitrogens with one attached hydrogen (secondary N) is 1. The number of carbonyl (C=O) groups is 2. The van der Waals surface area contributed by atoms with Crippen molar-refractivity contribution in [2.75, 3.05) is 38.6 Å². The van der Waals surface area contributed by atoms with Crippen LogP contribution in [0.4, 0.5) is 10.5 Å². The minimum absolute atomic E-state index is 0.0276. The van der Waals surface area contributed by atoms with Gasteiger partial charge in [-0.2, -0.15) is 0 Å². The van der Waals surface area contributed by atoms with Gasteiger partial charge in [0.2, 0.25) is 0 Å². The van der Waals surface area contributed by atoms with E-state index in [4.69, 9.17) is 4.74 Å². The maximum absolute atomic E-state index is 13.8. The quantitative estimate of drug-likeness (QED) is 0.289. The van der Waals surface area contributed by atoms with E-state index < -0.39 is 0 Å². The maximum atomic E-state index is 13.8. The van der Waals surface area contributed by atoms with Gasteiger partial charge in [-0.25, -0.2) is 4.79 Å². The molecule has 3 aromatic carbocycles. The van der Waals surface area contributed by atoms with Crippen molar-refractivity contribution in [3.63, 3.8) is 0 Å². The molecule has 1 aliphatic rings. The molecule has 1 saturated heterocycles. The van der Waals surface area contributed by atoms with Gasteiger partial charge in [-0.05, 0) is 80.1 Å². The summed E-state index contributed by atoms with van der Waals surface area (Å²) >= 11 is 3.43. The van der Waals surface area contributed by atoms with E-state index in [9.17, 15) is 9.59 Å². The van der Waals surface area contributed by atoms with Crippen molar-refractivity contribution in [1.82, 2.24) is 14.4 Å². The zero-order chi connectivity index (χ0) is 27.5. The van der Waals surface area contributed by atoms with Gasteiger partial charge in [-0.15, -0.1) is 0 Å². The Bertz CT molecular complexity index is 1490. The monoisotopic (exact) mass is 586 g/mol. The number of anilines is 1. The molecule has 0 spiro atoms. The average molecular weight is 588 g/mol. The highest BCUT2D eigenvalue weighted by Crippen LogP contribution is 2.31. The highest BCUT2D eigenvalue weighted by molar-refractivity contribution is 9.10. The van der Waals surface area contributed by atoms with Crippen LogP contribution in [0.5, 0.6) is 5.75 Å². The fraction of sp³-hybridized carbons (Fsp3) is 0.226. The summed E-state index contributed by atoms with van der Waals surface area (Å²) in [5.41, 5.74) is 6.37. The summed E-state index contributed by atoms with van der Waals surface area (Å²) in [6.07, 6.45) is 0. The molecule has 0 radical (unpaired) electrons. The van der Waals surface area contributed by atoms with E-state index in [2.05, 4.69) is 57.0 Å². The Kier molecular flexibility index (Phi) is 7.74. The van der Waals surface area contributed by atoms with Crippen LogP contribution in [-0.4, -0.2) is 59.6 Å². The third kappa shape index (κ3) is 5.71. The first-order chi connectivity index (χ1) is 18.8.